The third kappa shape index (κ3) is 3.20. The molecule has 26 heavy (non-hydrogen) atoms. The summed E-state index contributed by atoms with van der Waals surface area (Å²) in [4.78, 5) is 35.0. The van der Waals surface area contributed by atoms with Crippen LogP contribution in [0.15, 0.2) is 32.0 Å². The molecule has 136 valence electrons. The zero-order valence-electron chi connectivity index (χ0n) is 14.7. The summed E-state index contributed by atoms with van der Waals surface area (Å²) in [5, 5.41) is 12.9. The van der Waals surface area contributed by atoms with E-state index in [0.29, 0.717) is 16.7 Å². The molecule has 1 aromatic carbocycles. The molecule has 0 aliphatic carbocycles. The Morgan fingerprint density at radius 3 is 2.62 bits per heavy atom. The van der Waals surface area contributed by atoms with Crippen molar-refractivity contribution in [2.75, 3.05) is 0 Å². The first-order chi connectivity index (χ1) is 12.3. The lowest BCUT2D eigenvalue weighted by molar-refractivity contribution is -0.141. The second kappa shape index (κ2) is 6.67. The van der Waals surface area contributed by atoms with Crippen LogP contribution in [0.25, 0.3) is 21.9 Å². The van der Waals surface area contributed by atoms with E-state index in [1.165, 1.54) is 6.92 Å². The summed E-state index contributed by atoms with van der Waals surface area (Å²) < 4.78 is 10.8. The van der Waals surface area contributed by atoms with E-state index < -0.39 is 23.5 Å². The van der Waals surface area contributed by atoms with Crippen molar-refractivity contribution in [3.63, 3.8) is 0 Å². The highest BCUT2D eigenvalue weighted by Gasteiger charge is 2.17. The van der Waals surface area contributed by atoms with Gasteiger partial charge in [-0.2, -0.15) is 0 Å². The lowest BCUT2D eigenvalue weighted by Gasteiger charge is -2.10. The molecular weight excluding hydrogens is 338 g/mol. The van der Waals surface area contributed by atoms with Gasteiger partial charge in [-0.25, -0.2) is 4.79 Å². The van der Waals surface area contributed by atoms with Gasteiger partial charge in [0.1, 0.15) is 17.2 Å². The number of carboxylic acids is 1. The van der Waals surface area contributed by atoms with Crippen LogP contribution in [0.5, 0.6) is 0 Å². The lowest BCUT2D eigenvalue weighted by Crippen LogP contribution is -2.38. The first-order valence-electron chi connectivity index (χ1n) is 8.24. The molecule has 1 atom stereocenters. The highest BCUT2D eigenvalue weighted by atomic mass is 16.4. The van der Waals surface area contributed by atoms with E-state index in [-0.39, 0.29) is 12.8 Å². The number of carbonyl (C=O) groups excluding carboxylic acids is 1. The molecule has 2 heterocycles. The van der Waals surface area contributed by atoms with E-state index in [2.05, 4.69) is 5.32 Å². The SMILES string of the molecule is Cc1coc2cc3oc(=O)c(CCC(=O)N[C@@H](C)C(=O)O)c(C)c3cc12. The van der Waals surface area contributed by atoms with Gasteiger partial charge in [-0.3, -0.25) is 9.59 Å². The van der Waals surface area contributed by atoms with Crippen LogP contribution in [0.4, 0.5) is 0 Å². The van der Waals surface area contributed by atoms with Crippen molar-refractivity contribution in [3.05, 3.63) is 45.5 Å². The predicted molar refractivity (Wildman–Crippen MR) is 95.3 cm³/mol. The van der Waals surface area contributed by atoms with Gasteiger partial charge in [-0.1, -0.05) is 0 Å². The van der Waals surface area contributed by atoms with E-state index in [0.717, 1.165) is 21.9 Å². The summed E-state index contributed by atoms with van der Waals surface area (Å²) in [6.07, 6.45) is 1.82. The first-order valence-corrected chi connectivity index (χ1v) is 8.24. The Hall–Kier alpha value is -3.09. The molecule has 0 aliphatic rings. The van der Waals surface area contributed by atoms with Gasteiger partial charge in [0.15, 0.2) is 0 Å². The van der Waals surface area contributed by atoms with Gasteiger partial charge >= 0.3 is 11.6 Å². The molecule has 0 bridgehead atoms. The number of carboxylic acid groups (broad SMARTS) is 1. The molecule has 0 unspecified atom stereocenters. The average Bonchev–Trinajstić information content (AvgIpc) is 2.93. The molecule has 7 nitrogen and oxygen atoms in total. The van der Waals surface area contributed by atoms with Crippen LogP contribution in [0.1, 0.15) is 30.0 Å². The molecule has 0 saturated heterocycles. The van der Waals surface area contributed by atoms with Crippen molar-refractivity contribution in [1.82, 2.24) is 5.32 Å². The Morgan fingerprint density at radius 1 is 1.19 bits per heavy atom. The number of furan rings is 1. The van der Waals surface area contributed by atoms with Crippen molar-refractivity contribution < 1.29 is 23.5 Å². The highest BCUT2D eigenvalue weighted by Crippen LogP contribution is 2.28. The fraction of sp³-hybridized carbons (Fsp3) is 0.316. The summed E-state index contributed by atoms with van der Waals surface area (Å²) >= 11 is 0. The maximum Gasteiger partial charge on any atom is 0.339 e. The minimum Gasteiger partial charge on any atom is -0.480 e. The fourth-order valence-corrected chi connectivity index (χ4v) is 2.94. The zero-order chi connectivity index (χ0) is 19.0. The largest absolute Gasteiger partial charge is 0.480 e. The number of aliphatic carboxylic acids is 1. The van der Waals surface area contributed by atoms with Crippen molar-refractivity contribution in [1.29, 1.82) is 0 Å². The number of amides is 1. The number of aryl methyl sites for hydroxylation is 2. The molecule has 1 amide bonds. The molecule has 2 aromatic heterocycles. The quantitative estimate of drug-likeness (QED) is 0.679. The third-order valence-electron chi connectivity index (χ3n) is 4.52. The van der Waals surface area contributed by atoms with Gasteiger partial charge in [-0.15, -0.1) is 0 Å². The maximum atomic E-state index is 12.3. The molecule has 0 radical (unpaired) electrons. The van der Waals surface area contributed by atoms with Crippen molar-refractivity contribution in [2.45, 2.75) is 39.7 Å². The Kier molecular flexibility index (Phi) is 4.54. The lowest BCUT2D eigenvalue weighted by atomic mass is 10.0. The first kappa shape index (κ1) is 17.7. The molecule has 0 aliphatic heterocycles. The summed E-state index contributed by atoms with van der Waals surface area (Å²) in [7, 11) is 0. The van der Waals surface area contributed by atoms with Crippen LogP contribution in [0, 0.1) is 13.8 Å². The second-order valence-corrected chi connectivity index (χ2v) is 6.38. The molecule has 7 heteroatoms. The summed E-state index contributed by atoms with van der Waals surface area (Å²) in [5.41, 5.74) is 2.72. The van der Waals surface area contributed by atoms with Crippen LogP contribution < -0.4 is 10.9 Å². The molecule has 2 N–H and O–H groups in total. The molecule has 0 spiro atoms. The summed E-state index contributed by atoms with van der Waals surface area (Å²) in [6, 6.07) is 2.63. The van der Waals surface area contributed by atoms with Crippen LogP contribution in [-0.4, -0.2) is 23.0 Å². The van der Waals surface area contributed by atoms with Crippen molar-refractivity contribution in [2.24, 2.45) is 0 Å². The van der Waals surface area contributed by atoms with E-state index in [4.69, 9.17) is 13.9 Å². The predicted octanol–water partition coefficient (Wildman–Crippen LogP) is 2.68. The molecule has 3 aromatic rings. The molecule has 0 fully saturated rings. The number of hydrogen-bond donors (Lipinski definition) is 2. The Bertz CT molecular complexity index is 1070. The Balaban J connectivity index is 1.92. The van der Waals surface area contributed by atoms with Crippen LogP contribution in [-0.2, 0) is 16.0 Å². The van der Waals surface area contributed by atoms with Crippen LogP contribution >= 0.6 is 0 Å². The van der Waals surface area contributed by atoms with Gasteiger partial charge in [0.25, 0.3) is 0 Å². The number of nitrogens with one attached hydrogen (secondary N) is 1. The van der Waals surface area contributed by atoms with Crippen molar-refractivity contribution >= 4 is 33.8 Å². The number of rotatable bonds is 5. The van der Waals surface area contributed by atoms with Gasteiger partial charge in [-0.05, 0) is 44.4 Å². The number of carbonyl (C=O) groups is 2. The molecule has 3 rings (SSSR count). The Labute approximate surface area is 148 Å². The molecule has 0 saturated carbocycles. The molecular formula is C19H19NO6. The van der Waals surface area contributed by atoms with Crippen LogP contribution in [0.3, 0.4) is 0 Å². The van der Waals surface area contributed by atoms with Gasteiger partial charge in [0.05, 0.1) is 6.26 Å². The minimum absolute atomic E-state index is 0.00170. The number of hydrogen-bond acceptors (Lipinski definition) is 5. The second-order valence-electron chi connectivity index (χ2n) is 6.38. The topological polar surface area (TPSA) is 110 Å². The van der Waals surface area contributed by atoms with Gasteiger partial charge in [0, 0.05) is 28.8 Å². The van der Waals surface area contributed by atoms with Crippen molar-refractivity contribution in [3.8, 4) is 0 Å². The summed E-state index contributed by atoms with van der Waals surface area (Å²) in [6.45, 7) is 5.13. The monoisotopic (exact) mass is 357 g/mol. The van der Waals surface area contributed by atoms with E-state index >= 15 is 0 Å². The maximum absolute atomic E-state index is 12.3. The smallest absolute Gasteiger partial charge is 0.339 e. The normalized spacial score (nSPS) is 12.4. The van der Waals surface area contributed by atoms with Crippen LogP contribution in [0.2, 0.25) is 0 Å². The van der Waals surface area contributed by atoms with E-state index in [1.54, 1.807) is 12.3 Å². The Morgan fingerprint density at radius 2 is 1.92 bits per heavy atom. The average molecular weight is 357 g/mol. The van der Waals surface area contributed by atoms with E-state index in [9.17, 15) is 14.4 Å². The van der Waals surface area contributed by atoms with Gasteiger partial charge < -0.3 is 19.3 Å². The summed E-state index contributed by atoms with van der Waals surface area (Å²) in [5.74, 6) is -1.54. The standard InChI is InChI=1S/C19H19NO6/c1-9-8-25-15-7-16-14(6-13(9)15)10(2)12(19(24)26-16)4-5-17(21)20-11(3)18(22)23/h6-8,11H,4-5H2,1-3H3,(H,20,21)(H,22,23)/t11-/m0/s1. The highest BCUT2D eigenvalue weighted by molar-refractivity contribution is 5.96. The van der Waals surface area contributed by atoms with Gasteiger partial charge in [0.2, 0.25) is 5.91 Å². The third-order valence-corrected chi connectivity index (χ3v) is 4.52. The number of benzene rings is 1. The van der Waals surface area contributed by atoms with E-state index in [1.807, 2.05) is 19.9 Å². The number of fused-ring (bicyclic) bond motifs is 2. The fourth-order valence-electron chi connectivity index (χ4n) is 2.94. The zero-order valence-corrected chi connectivity index (χ0v) is 14.7. The minimum atomic E-state index is -1.11.